The lowest BCUT2D eigenvalue weighted by atomic mass is 10.0. The van der Waals surface area contributed by atoms with Gasteiger partial charge in [-0.2, -0.15) is 0 Å². The molecule has 0 bridgehead atoms. The number of carboxylic acid groups (broad SMARTS) is 1. The van der Waals surface area contributed by atoms with Crippen LogP contribution in [0.2, 0.25) is 0 Å². The highest BCUT2D eigenvalue weighted by atomic mass is 127. The van der Waals surface area contributed by atoms with Crippen LogP contribution in [0.1, 0.15) is 49.8 Å². The number of H-pyrrole nitrogens is 1. The number of nitrogens with two attached hydrogens (primary N) is 2. The van der Waals surface area contributed by atoms with E-state index in [4.69, 9.17) is 11.5 Å². The first-order valence-electron chi connectivity index (χ1n) is 23.7. The highest BCUT2D eigenvalue weighted by Crippen LogP contribution is 2.25. The van der Waals surface area contributed by atoms with Crippen molar-refractivity contribution in [2.45, 2.75) is 113 Å². The Kier molecular flexibility index (Phi) is 22.8. The summed E-state index contributed by atoms with van der Waals surface area (Å²) in [5.74, 6) is -8.56. The molecule has 25 heteroatoms. The standard InChI is InChI=1S/C49H63IN10O12S2/c1-25(61)40-48(70)58-38(47(69)60-41(26(2)62)49(71)72)24-74-73-23-37(57-42(64)32(52)19-27-10-4-3-5-11-27)46(68)55-35(20-28-15-16-39(63)31(50)18-28)44(66)56-36(21-29-22-53-33-13-7-6-12-30(29)33)45(67)54-34(43(65)59-40)14-8-9-17-51/h3-7,10-13,15-16,18,22,25-26,32,34-38,40-41,53,61-63H,8-9,14,17,19-21,23-24,51-52H2,1-2H3,(H,54,67)(H,55,68)(H,56,66)(H,57,64)(H,58,70)(H,59,65)(H,60,69)(H,71,72)/t25-,26-,32-,34+,35+,36-,37+,38+,40+,41-/m1/s1. The fourth-order valence-corrected chi connectivity index (χ4v) is 10.7. The second kappa shape index (κ2) is 28.6. The fraction of sp³-hybridized carbons (Fsp3) is 0.429. The van der Waals surface area contributed by atoms with Gasteiger partial charge >= 0.3 is 5.97 Å². The number of hydrogen-bond donors (Lipinski definition) is 14. The predicted molar refractivity (Wildman–Crippen MR) is 287 cm³/mol. The number of para-hydroxylation sites is 1. The number of amides is 7. The number of carbonyl (C=O) groups excluding carboxylic acids is 7. The molecule has 5 rings (SSSR count). The summed E-state index contributed by atoms with van der Waals surface area (Å²) < 4.78 is 0.436. The van der Waals surface area contributed by atoms with Crippen LogP contribution in [0.4, 0.5) is 0 Å². The van der Waals surface area contributed by atoms with Crippen molar-refractivity contribution in [3.8, 4) is 5.75 Å². The molecule has 0 spiro atoms. The number of phenolic OH excluding ortho intramolecular Hbond substituents is 1. The topological polar surface area (TPSA) is 370 Å². The Balaban J connectivity index is 1.60. The number of halogens is 1. The average molecular weight is 1180 g/mol. The normalized spacial score (nSPS) is 22.3. The first-order valence-corrected chi connectivity index (χ1v) is 27.3. The van der Waals surface area contributed by atoms with Gasteiger partial charge in [0.2, 0.25) is 41.4 Å². The van der Waals surface area contributed by atoms with Gasteiger partial charge in [0.15, 0.2) is 6.04 Å². The van der Waals surface area contributed by atoms with Crippen molar-refractivity contribution in [3.63, 3.8) is 0 Å². The molecule has 1 fully saturated rings. The summed E-state index contributed by atoms with van der Waals surface area (Å²) in [6, 6.07) is 8.69. The molecule has 10 atom stereocenters. The van der Waals surface area contributed by atoms with Crippen LogP contribution in [0.5, 0.6) is 5.75 Å². The van der Waals surface area contributed by atoms with E-state index in [-0.39, 0.29) is 49.5 Å². The molecule has 22 nitrogen and oxygen atoms in total. The van der Waals surface area contributed by atoms with Crippen molar-refractivity contribution < 1.29 is 58.8 Å². The molecule has 2 heterocycles. The quantitative estimate of drug-likeness (QED) is 0.0363. The lowest BCUT2D eigenvalue weighted by Gasteiger charge is -2.29. The minimum absolute atomic E-state index is 0.0221. The number of aromatic nitrogens is 1. The summed E-state index contributed by atoms with van der Waals surface area (Å²) in [7, 11) is 1.86. The molecule has 1 aromatic heterocycles. The molecule has 4 aromatic rings. The van der Waals surface area contributed by atoms with E-state index in [9.17, 15) is 58.8 Å². The van der Waals surface area contributed by atoms with Gasteiger partial charge in [-0.3, -0.25) is 33.6 Å². The second-order valence-electron chi connectivity index (χ2n) is 17.8. The van der Waals surface area contributed by atoms with E-state index in [2.05, 4.69) is 42.2 Å². The summed E-state index contributed by atoms with van der Waals surface area (Å²) in [5.41, 5.74) is 14.7. The molecule has 0 radical (unpaired) electrons. The maximum atomic E-state index is 14.8. The highest BCUT2D eigenvalue weighted by Gasteiger charge is 2.37. The number of carboxylic acids is 1. The Hall–Kier alpha value is -5.97. The Morgan fingerprint density at radius 3 is 2.07 bits per heavy atom. The van der Waals surface area contributed by atoms with Gasteiger partial charge < -0.3 is 74.1 Å². The van der Waals surface area contributed by atoms with E-state index in [0.29, 0.717) is 27.5 Å². The number of fused-ring (bicyclic) bond motifs is 1. The highest BCUT2D eigenvalue weighted by molar-refractivity contribution is 14.1. The lowest BCUT2D eigenvalue weighted by molar-refractivity contribution is -0.145. The first-order chi connectivity index (χ1) is 35.3. The van der Waals surface area contributed by atoms with E-state index in [1.807, 2.05) is 40.8 Å². The molecule has 1 aliphatic heterocycles. The summed E-state index contributed by atoms with van der Waals surface area (Å²) in [5, 5.41) is 60.0. The predicted octanol–water partition coefficient (Wildman–Crippen LogP) is -0.403. The molecule has 0 aliphatic carbocycles. The van der Waals surface area contributed by atoms with E-state index in [1.165, 1.54) is 13.0 Å². The molecule has 74 heavy (non-hydrogen) atoms. The zero-order valence-electron chi connectivity index (χ0n) is 40.5. The number of nitrogens with one attached hydrogen (secondary N) is 8. The van der Waals surface area contributed by atoms with Gasteiger partial charge in [-0.1, -0.05) is 76.2 Å². The number of aromatic hydroxyl groups is 1. The molecular formula is C49H63IN10O12S2. The third-order valence-electron chi connectivity index (χ3n) is 12.0. The number of phenols is 1. The Labute approximate surface area is 448 Å². The smallest absolute Gasteiger partial charge is 0.328 e. The SMILES string of the molecule is C[C@@H](O)[C@@H]1NC(=O)[C@H](CCCCN)NC(=O)[C@@H](Cc2c[nH]c3ccccc23)NC(=O)[C@H](Cc2ccc(O)c(I)c2)NC(=O)[C@@H](NC(=O)[C@H](N)Cc2ccccc2)CSSC[C@@H](C(=O)N[C@@H](C(=O)O)[C@@H](C)O)NC1=O. The number of hydrogen-bond acceptors (Lipinski definition) is 15. The van der Waals surface area contributed by atoms with Crippen LogP contribution < -0.4 is 48.7 Å². The summed E-state index contributed by atoms with van der Waals surface area (Å²) in [6.07, 6.45) is -1.05. The monoisotopic (exact) mass is 1170 g/mol. The van der Waals surface area contributed by atoms with Crippen molar-refractivity contribution in [3.05, 3.63) is 99.3 Å². The molecule has 3 aromatic carbocycles. The van der Waals surface area contributed by atoms with Gasteiger partial charge in [0, 0.05) is 41.4 Å². The number of unbranched alkanes of at least 4 members (excludes halogenated alkanes) is 1. The Morgan fingerprint density at radius 2 is 1.41 bits per heavy atom. The van der Waals surface area contributed by atoms with E-state index >= 15 is 0 Å². The molecule has 400 valence electrons. The van der Waals surface area contributed by atoms with Crippen molar-refractivity contribution in [1.29, 1.82) is 0 Å². The van der Waals surface area contributed by atoms with Gasteiger partial charge in [-0.15, -0.1) is 0 Å². The fourth-order valence-electron chi connectivity index (χ4n) is 7.83. The molecule has 0 unspecified atom stereocenters. The number of benzene rings is 3. The summed E-state index contributed by atoms with van der Waals surface area (Å²) in [6.45, 7) is 2.56. The number of aromatic amines is 1. The number of aliphatic carboxylic acids is 1. The van der Waals surface area contributed by atoms with Gasteiger partial charge in [0.1, 0.15) is 42.0 Å². The molecule has 16 N–H and O–H groups in total. The summed E-state index contributed by atoms with van der Waals surface area (Å²) in [4.78, 5) is 115. The molecule has 0 saturated carbocycles. The van der Waals surface area contributed by atoms with Crippen LogP contribution in [0, 0.1) is 3.57 Å². The van der Waals surface area contributed by atoms with Crippen molar-refractivity contribution in [2.75, 3.05) is 18.1 Å². The van der Waals surface area contributed by atoms with Crippen LogP contribution in [-0.4, -0.2) is 151 Å². The van der Waals surface area contributed by atoms with Crippen molar-refractivity contribution in [2.24, 2.45) is 11.5 Å². The average Bonchev–Trinajstić information content (AvgIpc) is 3.77. The largest absolute Gasteiger partial charge is 0.507 e. The minimum Gasteiger partial charge on any atom is -0.507 e. The molecule has 1 aliphatic rings. The van der Waals surface area contributed by atoms with Crippen LogP contribution >= 0.6 is 44.2 Å². The number of aliphatic hydroxyl groups excluding tert-OH is 2. The minimum atomic E-state index is -1.82. The second-order valence-corrected chi connectivity index (χ2v) is 21.5. The van der Waals surface area contributed by atoms with E-state index < -0.39 is 108 Å². The Morgan fingerprint density at radius 1 is 0.770 bits per heavy atom. The maximum Gasteiger partial charge on any atom is 0.328 e. The third kappa shape index (κ3) is 17.3. The molecule has 7 amide bonds. The Bertz CT molecular complexity index is 2610. The first kappa shape index (κ1) is 58.9. The van der Waals surface area contributed by atoms with Gasteiger partial charge in [-0.05, 0) is 104 Å². The number of aliphatic hydroxyl groups is 2. The van der Waals surface area contributed by atoms with Crippen LogP contribution in [0.3, 0.4) is 0 Å². The van der Waals surface area contributed by atoms with Gasteiger partial charge in [0.25, 0.3) is 0 Å². The van der Waals surface area contributed by atoms with Crippen LogP contribution in [0.15, 0.2) is 79.0 Å². The molecule has 1 saturated heterocycles. The number of carbonyl (C=O) groups is 8. The van der Waals surface area contributed by atoms with Gasteiger partial charge in [-0.25, -0.2) is 4.79 Å². The van der Waals surface area contributed by atoms with E-state index in [0.717, 1.165) is 45.0 Å². The molecular weight excluding hydrogens is 1110 g/mol. The lowest BCUT2D eigenvalue weighted by Crippen LogP contribution is -2.62. The zero-order chi connectivity index (χ0) is 54.1. The van der Waals surface area contributed by atoms with E-state index in [1.54, 1.807) is 54.7 Å². The third-order valence-corrected chi connectivity index (χ3v) is 15.2. The zero-order valence-corrected chi connectivity index (χ0v) is 44.3. The maximum absolute atomic E-state index is 14.8. The number of rotatable bonds is 17. The van der Waals surface area contributed by atoms with Crippen LogP contribution in [-0.2, 0) is 57.6 Å². The van der Waals surface area contributed by atoms with Crippen LogP contribution in [0.25, 0.3) is 10.9 Å². The van der Waals surface area contributed by atoms with Gasteiger partial charge in [0.05, 0.1) is 21.8 Å². The van der Waals surface area contributed by atoms with Crippen molar-refractivity contribution >= 4 is 102 Å². The van der Waals surface area contributed by atoms with Crippen molar-refractivity contribution in [1.82, 2.24) is 42.2 Å². The summed E-state index contributed by atoms with van der Waals surface area (Å²) >= 11 is 1.91.